The number of aryl methyl sites for hydroxylation is 1. The number of carbonyl (C=O) groups excluding carboxylic acids is 2. The highest BCUT2D eigenvalue weighted by Gasteiger charge is 2.50. The molecule has 1 fully saturated rings. The van der Waals surface area contributed by atoms with E-state index in [9.17, 15) is 18.0 Å². The summed E-state index contributed by atoms with van der Waals surface area (Å²) in [5.74, 6) is -0.791. The fourth-order valence-corrected chi connectivity index (χ4v) is 4.01. The summed E-state index contributed by atoms with van der Waals surface area (Å²) in [4.78, 5) is 23.9. The van der Waals surface area contributed by atoms with Gasteiger partial charge in [-0.05, 0) is 25.5 Å². The smallest absolute Gasteiger partial charge is 0.424 e. The lowest BCUT2D eigenvalue weighted by Gasteiger charge is -2.24. The second kappa shape index (κ2) is 6.64. The third kappa shape index (κ3) is 3.01. The van der Waals surface area contributed by atoms with Gasteiger partial charge in [-0.1, -0.05) is 31.2 Å². The average molecular weight is 353 g/mol. The molecule has 1 amide bonds. The molecule has 130 valence electrons. The van der Waals surface area contributed by atoms with E-state index in [1.807, 2.05) is 6.92 Å². The standard InChI is InChI=1S/C16H19NO6S/c1-5-13-14(11(3)15(18)22-4)17(16(19)23-13)24(20,21)12-8-6-10(2)7-9-12/h6-9,13-14H,3,5H2,1-2,4H3/t13-,14-/m0/s1. The molecule has 0 spiro atoms. The summed E-state index contributed by atoms with van der Waals surface area (Å²) in [7, 11) is -3.04. The first-order chi connectivity index (χ1) is 11.2. The maximum absolute atomic E-state index is 12.9. The number of rotatable bonds is 5. The zero-order valence-corrected chi connectivity index (χ0v) is 14.5. The number of cyclic esters (lactones) is 1. The van der Waals surface area contributed by atoms with Gasteiger partial charge in [0.1, 0.15) is 12.1 Å². The Morgan fingerprint density at radius 3 is 2.42 bits per heavy atom. The van der Waals surface area contributed by atoms with Gasteiger partial charge < -0.3 is 9.47 Å². The van der Waals surface area contributed by atoms with E-state index in [4.69, 9.17) is 4.74 Å². The van der Waals surface area contributed by atoms with Gasteiger partial charge in [0, 0.05) is 0 Å². The first-order valence-electron chi connectivity index (χ1n) is 7.32. The van der Waals surface area contributed by atoms with Gasteiger partial charge in [0.2, 0.25) is 0 Å². The topological polar surface area (TPSA) is 90.0 Å². The lowest BCUT2D eigenvalue weighted by Crippen LogP contribution is -2.43. The summed E-state index contributed by atoms with van der Waals surface area (Å²) >= 11 is 0. The van der Waals surface area contributed by atoms with E-state index in [1.165, 1.54) is 12.1 Å². The molecule has 0 aromatic heterocycles. The van der Waals surface area contributed by atoms with E-state index in [2.05, 4.69) is 11.3 Å². The van der Waals surface area contributed by atoms with Crippen LogP contribution >= 0.6 is 0 Å². The van der Waals surface area contributed by atoms with Crippen molar-refractivity contribution >= 4 is 22.1 Å². The summed E-state index contributed by atoms with van der Waals surface area (Å²) in [6.07, 6.45) is -1.51. The van der Waals surface area contributed by atoms with Crippen molar-refractivity contribution in [2.75, 3.05) is 7.11 Å². The molecule has 1 aromatic rings. The summed E-state index contributed by atoms with van der Waals surface area (Å²) in [6, 6.07) is 4.90. The van der Waals surface area contributed by atoms with E-state index < -0.39 is 34.2 Å². The van der Waals surface area contributed by atoms with Crippen LogP contribution in [-0.4, -0.2) is 44.0 Å². The van der Waals surface area contributed by atoms with Gasteiger partial charge in [-0.25, -0.2) is 18.0 Å². The maximum atomic E-state index is 12.9. The number of nitrogens with zero attached hydrogens (tertiary/aromatic N) is 1. The summed E-state index contributed by atoms with van der Waals surface area (Å²) < 4.78 is 36.1. The minimum Gasteiger partial charge on any atom is -0.466 e. The van der Waals surface area contributed by atoms with Gasteiger partial charge >= 0.3 is 12.1 Å². The van der Waals surface area contributed by atoms with Crippen LogP contribution < -0.4 is 0 Å². The molecule has 0 bridgehead atoms. The molecule has 0 radical (unpaired) electrons. The Kier molecular flexibility index (Phi) is 4.98. The van der Waals surface area contributed by atoms with Gasteiger partial charge in [0.05, 0.1) is 17.6 Å². The lowest BCUT2D eigenvalue weighted by atomic mass is 10.0. The zero-order chi connectivity index (χ0) is 18.1. The number of benzene rings is 1. The van der Waals surface area contributed by atoms with Crippen LogP contribution in [0.2, 0.25) is 0 Å². The van der Waals surface area contributed by atoms with Crippen molar-refractivity contribution in [1.82, 2.24) is 4.31 Å². The molecule has 7 nitrogen and oxygen atoms in total. The van der Waals surface area contributed by atoms with Gasteiger partial charge in [-0.3, -0.25) is 0 Å². The van der Waals surface area contributed by atoms with E-state index in [0.29, 0.717) is 10.7 Å². The largest absolute Gasteiger partial charge is 0.466 e. The molecule has 1 saturated heterocycles. The van der Waals surface area contributed by atoms with Gasteiger partial charge in [0.25, 0.3) is 10.0 Å². The second-order valence-electron chi connectivity index (χ2n) is 5.41. The number of carbonyl (C=O) groups is 2. The van der Waals surface area contributed by atoms with Crippen LogP contribution in [0.3, 0.4) is 0 Å². The van der Waals surface area contributed by atoms with Crippen LogP contribution in [0.1, 0.15) is 18.9 Å². The molecule has 1 aliphatic rings. The van der Waals surface area contributed by atoms with E-state index in [1.54, 1.807) is 19.1 Å². The highest BCUT2D eigenvalue weighted by atomic mass is 32.2. The summed E-state index contributed by atoms with van der Waals surface area (Å²) in [5, 5.41) is 0. The van der Waals surface area contributed by atoms with Crippen molar-refractivity contribution in [3.63, 3.8) is 0 Å². The normalized spacial score (nSPS) is 20.6. The first-order valence-corrected chi connectivity index (χ1v) is 8.76. The molecule has 0 unspecified atom stereocenters. The van der Waals surface area contributed by atoms with Crippen LogP contribution in [0, 0.1) is 6.92 Å². The fraction of sp³-hybridized carbons (Fsp3) is 0.375. The number of amides is 1. The third-order valence-corrected chi connectivity index (χ3v) is 5.58. The minimum absolute atomic E-state index is 0.0653. The van der Waals surface area contributed by atoms with Crippen LogP contribution in [0.25, 0.3) is 0 Å². The molecule has 1 aliphatic heterocycles. The Balaban J connectivity index is 2.51. The molecular formula is C16H19NO6S. The lowest BCUT2D eigenvalue weighted by molar-refractivity contribution is -0.136. The Morgan fingerprint density at radius 1 is 1.33 bits per heavy atom. The van der Waals surface area contributed by atoms with Crippen LogP contribution in [-0.2, 0) is 24.3 Å². The number of methoxy groups -OCH3 is 1. The average Bonchev–Trinajstić information content (AvgIpc) is 2.90. The van der Waals surface area contributed by atoms with Crippen molar-refractivity contribution in [3.8, 4) is 0 Å². The van der Waals surface area contributed by atoms with Crippen LogP contribution in [0.4, 0.5) is 4.79 Å². The predicted molar refractivity (Wildman–Crippen MR) is 85.7 cm³/mol. The van der Waals surface area contributed by atoms with Crippen molar-refractivity contribution in [3.05, 3.63) is 42.0 Å². The van der Waals surface area contributed by atoms with Gasteiger partial charge in [0.15, 0.2) is 0 Å². The molecule has 8 heteroatoms. The Hall–Kier alpha value is -2.35. The van der Waals surface area contributed by atoms with E-state index >= 15 is 0 Å². The molecule has 2 rings (SSSR count). The molecule has 24 heavy (non-hydrogen) atoms. The number of hydrogen-bond donors (Lipinski definition) is 0. The quantitative estimate of drug-likeness (QED) is 0.594. The second-order valence-corrected chi connectivity index (χ2v) is 7.22. The highest BCUT2D eigenvalue weighted by molar-refractivity contribution is 7.89. The van der Waals surface area contributed by atoms with Gasteiger partial charge in [-0.15, -0.1) is 0 Å². The van der Waals surface area contributed by atoms with Crippen molar-refractivity contribution in [2.24, 2.45) is 0 Å². The predicted octanol–water partition coefficient (Wildman–Crippen LogP) is 2.01. The number of esters is 1. The van der Waals surface area contributed by atoms with Gasteiger partial charge in [-0.2, -0.15) is 4.31 Å². The van der Waals surface area contributed by atoms with Crippen LogP contribution in [0.15, 0.2) is 41.3 Å². The Labute approximate surface area is 140 Å². The molecule has 0 saturated carbocycles. The molecule has 0 N–H and O–H groups in total. The summed E-state index contributed by atoms with van der Waals surface area (Å²) in [5.41, 5.74) is 0.728. The Morgan fingerprint density at radius 2 is 1.92 bits per heavy atom. The molecular weight excluding hydrogens is 334 g/mol. The number of ether oxygens (including phenoxy) is 2. The monoisotopic (exact) mass is 353 g/mol. The number of sulfonamides is 1. The van der Waals surface area contributed by atoms with Crippen molar-refractivity contribution < 1.29 is 27.5 Å². The third-order valence-electron chi connectivity index (χ3n) is 3.82. The number of hydrogen-bond acceptors (Lipinski definition) is 6. The molecule has 2 atom stereocenters. The first kappa shape index (κ1) is 18.0. The fourth-order valence-electron chi connectivity index (χ4n) is 2.51. The maximum Gasteiger partial charge on any atom is 0.424 e. The highest BCUT2D eigenvalue weighted by Crippen LogP contribution is 2.32. The zero-order valence-electron chi connectivity index (χ0n) is 13.7. The summed E-state index contributed by atoms with van der Waals surface area (Å²) in [6.45, 7) is 7.13. The van der Waals surface area contributed by atoms with Crippen molar-refractivity contribution in [1.29, 1.82) is 0 Å². The van der Waals surface area contributed by atoms with Crippen LogP contribution in [0.5, 0.6) is 0 Å². The minimum atomic E-state index is -4.19. The molecule has 1 aromatic carbocycles. The Bertz CT molecular complexity index is 768. The SMILES string of the molecule is C=C(C(=O)OC)[C@H]1[C@H](CC)OC(=O)N1S(=O)(=O)c1ccc(C)cc1. The van der Waals surface area contributed by atoms with E-state index in [-0.39, 0.29) is 10.5 Å². The van der Waals surface area contributed by atoms with Crippen molar-refractivity contribution in [2.45, 2.75) is 37.3 Å². The molecule has 0 aliphatic carbocycles. The molecule has 1 heterocycles. The van der Waals surface area contributed by atoms with E-state index in [0.717, 1.165) is 12.7 Å².